The van der Waals surface area contributed by atoms with Gasteiger partial charge in [-0.25, -0.2) is 0 Å². The Morgan fingerprint density at radius 2 is 2.00 bits per heavy atom. The molecule has 0 unspecified atom stereocenters. The summed E-state index contributed by atoms with van der Waals surface area (Å²) in [5.41, 5.74) is 0.878. The third-order valence-corrected chi connectivity index (χ3v) is 1.07. The van der Waals surface area contributed by atoms with E-state index in [4.69, 9.17) is 0 Å². The van der Waals surface area contributed by atoms with Gasteiger partial charge in [0.15, 0.2) is 0 Å². The zero-order valence-corrected chi connectivity index (χ0v) is 6.64. The topological polar surface area (TPSA) is 29.1 Å². The lowest BCUT2D eigenvalue weighted by Gasteiger charge is -1.98. The number of hydrogen-bond donors (Lipinski definition) is 1. The van der Waals surface area contributed by atoms with Crippen molar-refractivity contribution in [1.29, 1.82) is 0 Å². The molecule has 2 heteroatoms. The molecule has 0 heterocycles. The monoisotopic (exact) mass is 139 g/mol. The first kappa shape index (κ1) is 8.95. The van der Waals surface area contributed by atoms with Crippen LogP contribution >= 0.6 is 0 Å². The molecule has 0 aromatic carbocycles. The van der Waals surface area contributed by atoms with Gasteiger partial charge in [0.1, 0.15) is 0 Å². The summed E-state index contributed by atoms with van der Waals surface area (Å²) in [7, 11) is 0. The minimum atomic E-state index is -0.0712. The second kappa shape index (κ2) is 4.79. The summed E-state index contributed by atoms with van der Waals surface area (Å²) in [6.45, 7) is 5.54. The quantitative estimate of drug-likeness (QED) is 0.578. The van der Waals surface area contributed by atoms with Crippen LogP contribution in [0.1, 0.15) is 20.8 Å². The maximum Gasteiger partial charge on any atom is 0.247 e. The smallest absolute Gasteiger partial charge is 0.247 e. The average Bonchev–Trinajstić information content (AvgIpc) is 1.88. The summed E-state index contributed by atoms with van der Waals surface area (Å²) < 4.78 is 0. The summed E-state index contributed by atoms with van der Waals surface area (Å²) >= 11 is 0. The van der Waals surface area contributed by atoms with E-state index in [-0.39, 0.29) is 5.91 Å². The molecule has 56 valence electrons. The summed E-state index contributed by atoms with van der Waals surface area (Å²) in [6, 6.07) is 0. The molecule has 0 saturated carbocycles. The minimum Gasteiger partial charge on any atom is -0.327 e. The van der Waals surface area contributed by atoms with E-state index in [2.05, 4.69) is 5.32 Å². The Bertz CT molecular complexity index is 168. The molecule has 0 aromatic rings. The van der Waals surface area contributed by atoms with Crippen molar-refractivity contribution in [2.24, 2.45) is 0 Å². The zero-order valence-electron chi connectivity index (χ0n) is 6.64. The SMILES string of the molecule is C/C=C\C(=O)N/C(C)=C/C. The molecule has 0 aliphatic heterocycles. The average molecular weight is 139 g/mol. The van der Waals surface area contributed by atoms with Crippen LogP contribution in [0.2, 0.25) is 0 Å². The maximum atomic E-state index is 10.8. The molecule has 0 atom stereocenters. The first-order chi connectivity index (χ1) is 4.70. The Morgan fingerprint density at radius 1 is 1.40 bits per heavy atom. The van der Waals surface area contributed by atoms with Crippen LogP contribution in [-0.2, 0) is 4.79 Å². The first-order valence-electron chi connectivity index (χ1n) is 3.27. The van der Waals surface area contributed by atoms with E-state index in [1.807, 2.05) is 26.8 Å². The lowest BCUT2D eigenvalue weighted by atomic mass is 10.4. The second-order valence-corrected chi connectivity index (χ2v) is 1.96. The van der Waals surface area contributed by atoms with Crippen LogP contribution in [0.3, 0.4) is 0 Å². The molecule has 2 nitrogen and oxygen atoms in total. The van der Waals surface area contributed by atoms with Crippen molar-refractivity contribution in [2.75, 3.05) is 0 Å². The molecule has 10 heavy (non-hydrogen) atoms. The van der Waals surface area contributed by atoms with E-state index in [1.54, 1.807) is 6.08 Å². The number of allylic oxidation sites excluding steroid dienone is 3. The number of amides is 1. The fraction of sp³-hybridized carbons (Fsp3) is 0.375. The lowest BCUT2D eigenvalue weighted by Crippen LogP contribution is -2.18. The molecule has 1 amide bonds. The largest absolute Gasteiger partial charge is 0.327 e. The van der Waals surface area contributed by atoms with Crippen LogP contribution in [0.4, 0.5) is 0 Å². The van der Waals surface area contributed by atoms with Crippen molar-refractivity contribution in [3.8, 4) is 0 Å². The van der Waals surface area contributed by atoms with Crippen LogP contribution in [0.15, 0.2) is 23.9 Å². The van der Waals surface area contributed by atoms with Crippen molar-refractivity contribution in [3.05, 3.63) is 23.9 Å². The fourth-order valence-electron chi connectivity index (χ4n) is 0.460. The van der Waals surface area contributed by atoms with Gasteiger partial charge >= 0.3 is 0 Å². The molecule has 0 fully saturated rings. The number of carbonyl (C=O) groups is 1. The second-order valence-electron chi connectivity index (χ2n) is 1.96. The Labute approximate surface area is 61.6 Å². The molecule has 0 aliphatic carbocycles. The van der Waals surface area contributed by atoms with E-state index >= 15 is 0 Å². The Hall–Kier alpha value is -1.05. The van der Waals surface area contributed by atoms with Gasteiger partial charge in [0.05, 0.1) is 0 Å². The highest BCUT2D eigenvalue weighted by atomic mass is 16.1. The molecule has 1 N–H and O–H groups in total. The normalized spacial score (nSPS) is 12.1. The Kier molecular flexibility index (Phi) is 4.29. The van der Waals surface area contributed by atoms with Crippen molar-refractivity contribution in [2.45, 2.75) is 20.8 Å². The van der Waals surface area contributed by atoms with Crippen molar-refractivity contribution < 1.29 is 4.79 Å². The number of hydrogen-bond acceptors (Lipinski definition) is 1. The van der Waals surface area contributed by atoms with Gasteiger partial charge in [-0.2, -0.15) is 0 Å². The standard InChI is InChI=1S/C8H13NO/c1-4-6-8(10)9-7(3)5-2/h4-6H,1-3H3,(H,9,10)/b6-4-,7-5+. The molecular formula is C8H13NO. The van der Waals surface area contributed by atoms with E-state index < -0.39 is 0 Å². The fourth-order valence-corrected chi connectivity index (χ4v) is 0.460. The Morgan fingerprint density at radius 3 is 2.40 bits per heavy atom. The molecule has 0 radical (unpaired) electrons. The highest BCUT2D eigenvalue weighted by molar-refractivity contribution is 5.88. The molecule has 0 bridgehead atoms. The van der Waals surface area contributed by atoms with E-state index in [0.29, 0.717) is 0 Å². The van der Waals surface area contributed by atoms with Gasteiger partial charge in [-0.1, -0.05) is 12.2 Å². The van der Waals surface area contributed by atoms with Crippen molar-refractivity contribution in [3.63, 3.8) is 0 Å². The highest BCUT2D eigenvalue weighted by Crippen LogP contribution is 1.84. The molecule has 0 spiro atoms. The Balaban J connectivity index is 3.80. The van der Waals surface area contributed by atoms with Crippen molar-refractivity contribution in [1.82, 2.24) is 5.32 Å². The van der Waals surface area contributed by atoms with Gasteiger partial charge in [-0.05, 0) is 26.8 Å². The summed E-state index contributed by atoms with van der Waals surface area (Å²) in [5.74, 6) is -0.0712. The third-order valence-electron chi connectivity index (χ3n) is 1.07. The molecule has 0 aliphatic rings. The van der Waals surface area contributed by atoms with E-state index in [0.717, 1.165) is 5.70 Å². The van der Waals surface area contributed by atoms with Gasteiger partial charge in [0, 0.05) is 5.70 Å². The summed E-state index contributed by atoms with van der Waals surface area (Å²) in [6.07, 6.45) is 5.05. The van der Waals surface area contributed by atoms with Crippen LogP contribution in [-0.4, -0.2) is 5.91 Å². The lowest BCUT2D eigenvalue weighted by molar-refractivity contribution is -0.115. The number of nitrogens with one attached hydrogen (secondary N) is 1. The minimum absolute atomic E-state index is 0.0712. The van der Waals surface area contributed by atoms with Gasteiger partial charge in [-0.15, -0.1) is 0 Å². The van der Waals surface area contributed by atoms with Gasteiger partial charge in [-0.3, -0.25) is 4.79 Å². The number of rotatable bonds is 2. The summed E-state index contributed by atoms with van der Waals surface area (Å²) in [5, 5.41) is 2.67. The van der Waals surface area contributed by atoms with E-state index in [9.17, 15) is 4.79 Å². The number of carbonyl (C=O) groups excluding carboxylic acids is 1. The predicted octanol–water partition coefficient (Wildman–Crippen LogP) is 1.60. The highest BCUT2D eigenvalue weighted by Gasteiger charge is 1.91. The third kappa shape index (κ3) is 3.89. The summed E-state index contributed by atoms with van der Waals surface area (Å²) in [4.78, 5) is 10.8. The van der Waals surface area contributed by atoms with Crippen LogP contribution in [0, 0.1) is 0 Å². The van der Waals surface area contributed by atoms with Crippen LogP contribution < -0.4 is 5.32 Å². The van der Waals surface area contributed by atoms with Gasteiger partial charge < -0.3 is 5.32 Å². The van der Waals surface area contributed by atoms with Crippen molar-refractivity contribution >= 4 is 5.91 Å². The molecular weight excluding hydrogens is 126 g/mol. The van der Waals surface area contributed by atoms with Crippen LogP contribution in [0.5, 0.6) is 0 Å². The molecule has 0 saturated heterocycles. The first-order valence-corrected chi connectivity index (χ1v) is 3.27. The zero-order chi connectivity index (χ0) is 7.98. The van der Waals surface area contributed by atoms with E-state index in [1.165, 1.54) is 6.08 Å². The molecule has 0 rings (SSSR count). The molecule has 0 aromatic heterocycles. The van der Waals surface area contributed by atoms with Crippen LogP contribution in [0.25, 0.3) is 0 Å². The predicted molar refractivity (Wildman–Crippen MR) is 42.4 cm³/mol. The van der Waals surface area contributed by atoms with Gasteiger partial charge in [0.25, 0.3) is 0 Å². The van der Waals surface area contributed by atoms with Gasteiger partial charge in [0.2, 0.25) is 5.91 Å². The maximum absolute atomic E-state index is 10.8.